The van der Waals surface area contributed by atoms with Crippen molar-refractivity contribution in [3.05, 3.63) is 0 Å². The first kappa shape index (κ1) is 29.3. The van der Waals surface area contributed by atoms with Crippen LogP contribution in [0, 0.1) is 10.8 Å². The fourth-order valence-electron chi connectivity index (χ4n) is 5.21. The van der Waals surface area contributed by atoms with Gasteiger partial charge in [0.1, 0.15) is 11.6 Å². The molecule has 0 aromatic heterocycles. The molecule has 30 heavy (non-hydrogen) atoms. The predicted octanol–water partition coefficient (Wildman–Crippen LogP) is 6.08. The van der Waals surface area contributed by atoms with Gasteiger partial charge in [-0.1, -0.05) is 59.3 Å². The Bertz CT molecular complexity index is 454. The number of nitrogens with one attached hydrogen (secondary N) is 2. The van der Waals surface area contributed by atoms with E-state index in [4.69, 9.17) is 0 Å². The molecular weight excluding hydrogens is 372 g/mol. The highest BCUT2D eigenvalue weighted by atomic mass is 16.1. The second-order valence-electron chi connectivity index (χ2n) is 10.8. The minimum atomic E-state index is 0.309. The molecule has 0 spiro atoms. The molecule has 0 saturated heterocycles. The molecule has 0 radical (unpaired) electrons. The van der Waals surface area contributed by atoms with Gasteiger partial charge in [-0.3, -0.25) is 0 Å². The fraction of sp³-hybridized carbons (Fsp3) is 0.923. The molecule has 0 aromatic carbocycles. The van der Waals surface area contributed by atoms with Crippen LogP contribution in [-0.2, 0) is 9.59 Å². The van der Waals surface area contributed by atoms with Gasteiger partial charge >= 0.3 is 0 Å². The number of hydrogen-bond acceptors (Lipinski definition) is 4. The molecule has 1 saturated carbocycles. The number of rotatable bonds is 14. The van der Waals surface area contributed by atoms with Gasteiger partial charge in [-0.05, 0) is 70.9 Å². The molecule has 0 bridgehead atoms. The summed E-state index contributed by atoms with van der Waals surface area (Å²) in [7, 11) is 4.15. The van der Waals surface area contributed by atoms with Gasteiger partial charge < -0.3 is 20.2 Å². The quantitative estimate of drug-likeness (QED) is 0.332. The predicted molar refractivity (Wildman–Crippen MR) is 130 cm³/mol. The van der Waals surface area contributed by atoms with Crippen LogP contribution < -0.4 is 10.6 Å². The van der Waals surface area contributed by atoms with Crippen molar-refractivity contribution < 1.29 is 9.59 Å². The van der Waals surface area contributed by atoms with Crippen LogP contribution in [0.25, 0.3) is 0 Å². The number of unbranched alkanes of at least 4 members (excludes halogenated alkanes) is 7. The summed E-state index contributed by atoms with van der Waals surface area (Å²) < 4.78 is 0. The van der Waals surface area contributed by atoms with E-state index in [1.165, 1.54) is 57.8 Å². The molecule has 1 fully saturated rings. The molecule has 1 aliphatic carbocycles. The molecule has 0 aromatic rings. The molecule has 0 amide bonds. The van der Waals surface area contributed by atoms with E-state index in [0.717, 1.165) is 32.2 Å². The van der Waals surface area contributed by atoms with Crippen LogP contribution in [0.2, 0.25) is 0 Å². The highest BCUT2D eigenvalue weighted by Gasteiger charge is 2.40. The van der Waals surface area contributed by atoms with Crippen LogP contribution in [0.5, 0.6) is 0 Å². The zero-order chi connectivity index (χ0) is 23.0. The van der Waals surface area contributed by atoms with Crippen LogP contribution in [0.1, 0.15) is 118 Å². The normalized spacial score (nSPS) is 22.8. The summed E-state index contributed by atoms with van der Waals surface area (Å²) in [5, 5.41) is 6.78. The van der Waals surface area contributed by atoms with Crippen molar-refractivity contribution in [2.24, 2.45) is 10.8 Å². The molecule has 0 aliphatic heterocycles. The third-order valence-corrected chi connectivity index (χ3v) is 6.26. The maximum Gasteiger partial charge on any atom is 0.129 e. The Morgan fingerprint density at radius 1 is 0.767 bits per heavy atom. The molecule has 178 valence electrons. The molecule has 2 atom stereocenters. The third kappa shape index (κ3) is 16.0. The smallest absolute Gasteiger partial charge is 0.129 e. The van der Waals surface area contributed by atoms with E-state index < -0.39 is 0 Å². The van der Waals surface area contributed by atoms with Gasteiger partial charge in [0.05, 0.1) is 0 Å². The maximum atomic E-state index is 10.7. The Hall–Kier alpha value is -0.740. The van der Waals surface area contributed by atoms with Crippen molar-refractivity contribution in [3.63, 3.8) is 0 Å². The fourth-order valence-corrected chi connectivity index (χ4v) is 5.21. The summed E-state index contributed by atoms with van der Waals surface area (Å²) in [5.41, 5.74) is 0.946. The highest BCUT2D eigenvalue weighted by molar-refractivity contribution is 5.75. The monoisotopic (exact) mass is 424 g/mol. The van der Waals surface area contributed by atoms with Crippen molar-refractivity contribution in [1.29, 1.82) is 0 Å². The van der Waals surface area contributed by atoms with Gasteiger partial charge in [0.2, 0.25) is 0 Å². The van der Waals surface area contributed by atoms with E-state index in [1.54, 1.807) is 13.8 Å². The van der Waals surface area contributed by atoms with Gasteiger partial charge in [-0.25, -0.2) is 0 Å². The van der Waals surface area contributed by atoms with E-state index in [9.17, 15) is 9.59 Å². The number of ketones is 2. The summed E-state index contributed by atoms with van der Waals surface area (Å²) in [6.07, 6.45) is 15.0. The average Bonchev–Trinajstić information content (AvgIpc) is 2.61. The van der Waals surface area contributed by atoms with E-state index in [2.05, 4.69) is 45.5 Å². The van der Waals surface area contributed by atoms with E-state index in [1.807, 2.05) is 0 Å². The van der Waals surface area contributed by atoms with Gasteiger partial charge in [-0.2, -0.15) is 0 Å². The zero-order valence-electron chi connectivity index (χ0n) is 21.3. The van der Waals surface area contributed by atoms with Crippen molar-refractivity contribution >= 4 is 11.6 Å². The van der Waals surface area contributed by atoms with E-state index in [0.29, 0.717) is 28.4 Å². The summed E-state index contributed by atoms with van der Waals surface area (Å²) in [6.45, 7) is 11.7. The summed E-state index contributed by atoms with van der Waals surface area (Å²) in [6, 6.07) is 0.692. The molecular formula is C26H52N2O2. The van der Waals surface area contributed by atoms with Crippen LogP contribution in [0.4, 0.5) is 0 Å². The number of carbonyl (C=O) groups excluding carboxylic acids is 2. The molecule has 2 N–H and O–H groups in total. The van der Waals surface area contributed by atoms with Gasteiger partial charge in [0, 0.05) is 25.4 Å². The van der Waals surface area contributed by atoms with Gasteiger partial charge in [-0.15, -0.1) is 0 Å². The Kier molecular flexibility index (Phi) is 15.6. The number of carbonyl (C=O) groups is 2. The molecule has 2 unspecified atom stereocenters. The highest BCUT2D eigenvalue weighted by Crippen LogP contribution is 2.45. The molecule has 1 rings (SSSR count). The van der Waals surface area contributed by atoms with Crippen molar-refractivity contribution in [2.45, 2.75) is 124 Å². The van der Waals surface area contributed by atoms with Crippen LogP contribution in [0.3, 0.4) is 0 Å². The Morgan fingerprint density at radius 3 is 1.57 bits per heavy atom. The Morgan fingerprint density at radius 2 is 1.20 bits per heavy atom. The second kappa shape index (κ2) is 16.0. The molecule has 4 nitrogen and oxygen atoms in total. The lowest BCUT2D eigenvalue weighted by atomic mass is 9.62. The lowest BCUT2D eigenvalue weighted by molar-refractivity contribution is -0.118. The van der Waals surface area contributed by atoms with Crippen molar-refractivity contribution in [3.8, 4) is 0 Å². The lowest BCUT2D eigenvalue weighted by Crippen LogP contribution is -2.47. The minimum Gasteiger partial charge on any atom is -0.319 e. The third-order valence-electron chi connectivity index (χ3n) is 6.26. The number of hydrogen-bond donors (Lipinski definition) is 2. The molecule has 1 aliphatic rings. The average molecular weight is 425 g/mol. The summed E-state index contributed by atoms with van der Waals surface area (Å²) in [4.78, 5) is 21.4. The SMILES string of the molecule is CC(=O)CCCCCCCCCCC(C)=O.CNCC1(C)CC(NC)CC(C)(C)C1. The first-order chi connectivity index (χ1) is 14.0. The van der Waals surface area contributed by atoms with Crippen molar-refractivity contribution in [2.75, 3.05) is 20.6 Å². The zero-order valence-corrected chi connectivity index (χ0v) is 21.3. The molecule has 0 heterocycles. The molecule has 4 heteroatoms. The van der Waals surface area contributed by atoms with Crippen molar-refractivity contribution in [1.82, 2.24) is 10.6 Å². The second-order valence-corrected chi connectivity index (χ2v) is 10.8. The maximum absolute atomic E-state index is 10.7. The lowest BCUT2D eigenvalue weighted by Gasteiger charge is -2.46. The van der Waals surface area contributed by atoms with Crippen LogP contribution in [0.15, 0.2) is 0 Å². The van der Waals surface area contributed by atoms with Gasteiger partial charge in [0.15, 0.2) is 0 Å². The first-order valence-electron chi connectivity index (χ1n) is 12.3. The van der Waals surface area contributed by atoms with Crippen LogP contribution in [-0.4, -0.2) is 38.2 Å². The Balaban J connectivity index is 0.000000564. The summed E-state index contributed by atoms with van der Waals surface area (Å²) in [5.74, 6) is 0.619. The minimum absolute atomic E-state index is 0.309. The van der Waals surface area contributed by atoms with E-state index in [-0.39, 0.29) is 0 Å². The van der Waals surface area contributed by atoms with E-state index >= 15 is 0 Å². The Labute approximate surface area is 187 Å². The summed E-state index contributed by atoms with van der Waals surface area (Å²) >= 11 is 0. The standard InChI is InChI=1S/C14H26O2.C12H26N2/c1-13(15)11-9-7-5-3-4-6-8-10-12-14(2)16;1-11(2)6-10(14-5)7-12(3,8-11)9-13-4/h3-12H2,1-2H3;10,13-14H,6-9H2,1-5H3. The largest absolute Gasteiger partial charge is 0.319 e. The topological polar surface area (TPSA) is 58.2 Å². The first-order valence-corrected chi connectivity index (χ1v) is 12.3. The van der Waals surface area contributed by atoms with Crippen LogP contribution >= 0.6 is 0 Å². The number of Topliss-reactive ketones (excluding diaryl/α,β-unsaturated/α-hetero) is 2. The van der Waals surface area contributed by atoms with Gasteiger partial charge in [0.25, 0.3) is 0 Å².